The van der Waals surface area contributed by atoms with Gasteiger partial charge >= 0.3 is 0 Å². The summed E-state index contributed by atoms with van der Waals surface area (Å²) in [5.74, 6) is 0.338. The van der Waals surface area contributed by atoms with Gasteiger partial charge in [0.1, 0.15) is 5.82 Å². The standard InChI is InChI=1S/C8H13N3O2S/c1-6-4-7(9)5-8(10-6)11(2)14(3,12)13/h4-5H,1-3H3,(H2,9,10). The fourth-order valence-corrected chi connectivity index (χ4v) is 1.44. The summed E-state index contributed by atoms with van der Waals surface area (Å²) >= 11 is 0. The van der Waals surface area contributed by atoms with E-state index in [1.165, 1.54) is 13.1 Å². The third kappa shape index (κ3) is 2.35. The second kappa shape index (κ2) is 3.45. The van der Waals surface area contributed by atoms with Crippen LogP contribution in [0, 0.1) is 6.92 Å². The zero-order valence-corrected chi connectivity index (χ0v) is 9.17. The largest absolute Gasteiger partial charge is 0.399 e. The Morgan fingerprint density at radius 1 is 1.43 bits per heavy atom. The molecule has 0 bridgehead atoms. The summed E-state index contributed by atoms with van der Waals surface area (Å²) in [5, 5.41) is 0. The number of rotatable bonds is 2. The number of aromatic nitrogens is 1. The highest BCUT2D eigenvalue weighted by Gasteiger charge is 2.13. The molecule has 0 fully saturated rings. The van der Waals surface area contributed by atoms with Crippen molar-refractivity contribution in [3.05, 3.63) is 17.8 Å². The Morgan fingerprint density at radius 3 is 2.43 bits per heavy atom. The molecule has 0 saturated heterocycles. The lowest BCUT2D eigenvalue weighted by molar-refractivity contribution is 0.600. The molecule has 5 nitrogen and oxygen atoms in total. The van der Waals surface area contributed by atoms with Gasteiger partial charge in [0, 0.05) is 24.5 Å². The van der Waals surface area contributed by atoms with Crippen molar-refractivity contribution in [2.75, 3.05) is 23.3 Å². The van der Waals surface area contributed by atoms with Crippen molar-refractivity contribution in [3.8, 4) is 0 Å². The minimum absolute atomic E-state index is 0.338. The molecule has 0 saturated carbocycles. The molecule has 0 aliphatic rings. The monoisotopic (exact) mass is 215 g/mol. The average molecular weight is 215 g/mol. The van der Waals surface area contributed by atoms with Crippen molar-refractivity contribution in [2.24, 2.45) is 0 Å². The molecule has 1 heterocycles. The number of hydrogen-bond acceptors (Lipinski definition) is 4. The van der Waals surface area contributed by atoms with Crippen LogP contribution in [0.2, 0.25) is 0 Å². The molecule has 0 radical (unpaired) electrons. The molecule has 0 atom stereocenters. The Balaban J connectivity index is 3.20. The summed E-state index contributed by atoms with van der Waals surface area (Å²) in [6.07, 6.45) is 1.12. The van der Waals surface area contributed by atoms with Crippen LogP contribution in [-0.2, 0) is 10.0 Å². The number of anilines is 2. The second-order valence-corrected chi connectivity index (χ2v) is 5.14. The van der Waals surface area contributed by atoms with Crippen LogP contribution in [0.3, 0.4) is 0 Å². The lowest BCUT2D eigenvalue weighted by Gasteiger charge is -2.16. The number of sulfonamides is 1. The highest BCUT2D eigenvalue weighted by atomic mass is 32.2. The molecule has 0 spiro atoms. The number of nitrogen functional groups attached to an aromatic ring is 1. The topological polar surface area (TPSA) is 76.3 Å². The molecule has 0 aromatic carbocycles. The van der Waals surface area contributed by atoms with E-state index < -0.39 is 10.0 Å². The van der Waals surface area contributed by atoms with Gasteiger partial charge in [-0.2, -0.15) is 0 Å². The van der Waals surface area contributed by atoms with Crippen molar-refractivity contribution in [3.63, 3.8) is 0 Å². The van der Waals surface area contributed by atoms with Gasteiger partial charge in [0.2, 0.25) is 10.0 Å². The van der Waals surface area contributed by atoms with Crippen molar-refractivity contribution >= 4 is 21.5 Å². The van der Waals surface area contributed by atoms with E-state index in [0.29, 0.717) is 17.2 Å². The van der Waals surface area contributed by atoms with Crippen LogP contribution in [0.1, 0.15) is 5.69 Å². The van der Waals surface area contributed by atoms with Gasteiger partial charge in [-0.05, 0) is 13.0 Å². The lowest BCUT2D eigenvalue weighted by Crippen LogP contribution is -2.26. The van der Waals surface area contributed by atoms with Crippen LogP contribution in [0.4, 0.5) is 11.5 Å². The summed E-state index contributed by atoms with van der Waals surface area (Å²) in [6.45, 7) is 1.76. The van der Waals surface area contributed by atoms with Crippen LogP contribution >= 0.6 is 0 Å². The van der Waals surface area contributed by atoms with Crippen molar-refractivity contribution < 1.29 is 8.42 Å². The molecule has 6 heteroatoms. The first-order valence-electron chi connectivity index (χ1n) is 3.99. The lowest BCUT2D eigenvalue weighted by atomic mass is 10.3. The molecular formula is C8H13N3O2S. The van der Waals surface area contributed by atoms with E-state index in [4.69, 9.17) is 5.73 Å². The number of pyridine rings is 1. The van der Waals surface area contributed by atoms with Crippen molar-refractivity contribution in [1.82, 2.24) is 4.98 Å². The molecule has 1 aromatic heterocycles. The third-order valence-electron chi connectivity index (χ3n) is 1.78. The maximum Gasteiger partial charge on any atom is 0.233 e. The van der Waals surface area contributed by atoms with Gasteiger partial charge in [0.25, 0.3) is 0 Å². The summed E-state index contributed by atoms with van der Waals surface area (Å²) in [6, 6.07) is 3.20. The summed E-state index contributed by atoms with van der Waals surface area (Å²) < 4.78 is 23.5. The Morgan fingerprint density at radius 2 is 2.00 bits per heavy atom. The molecule has 1 rings (SSSR count). The predicted octanol–water partition coefficient (Wildman–Crippen LogP) is 0.368. The van der Waals surface area contributed by atoms with Gasteiger partial charge in [-0.3, -0.25) is 4.31 Å². The Kier molecular flexibility index (Phi) is 2.66. The Labute approximate surface area is 83.6 Å². The number of nitrogens with two attached hydrogens (primary N) is 1. The fraction of sp³-hybridized carbons (Fsp3) is 0.375. The highest BCUT2D eigenvalue weighted by molar-refractivity contribution is 7.92. The summed E-state index contributed by atoms with van der Waals surface area (Å²) in [4.78, 5) is 4.07. The van der Waals surface area contributed by atoms with Gasteiger partial charge in [0.15, 0.2) is 0 Å². The van der Waals surface area contributed by atoms with Crippen LogP contribution in [0.25, 0.3) is 0 Å². The van der Waals surface area contributed by atoms with E-state index >= 15 is 0 Å². The minimum Gasteiger partial charge on any atom is -0.399 e. The molecule has 0 amide bonds. The molecule has 14 heavy (non-hydrogen) atoms. The molecule has 2 N–H and O–H groups in total. The summed E-state index contributed by atoms with van der Waals surface area (Å²) in [7, 11) is -1.83. The minimum atomic E-state index is -3.27. The summed E-state index contributed by atoms with van der Waals surface area (Å²) in [5.41, 5.74) is 6.77. The van der Waals surface area contributed by atoms with Gasteiger partial charge < -0.3 is 5.73 Å². The highest BCUT2D eigenvalue weighted by Crippen LogP contribution is 2.16. The van der Waals surface area contributed by atoms with E-state index in [2.05, 4.69) is 4.98 Å². The molecule has 0 unspecified atom stereocenters. The molecule has 0 aliphatic heterocycles. The smallest absolute Gasteiger partial charge is 0.233 e. The quantitative estimate of drug-likeness (QED) is 0.773. The predicted molar refractivity (Wildman–Crippen MR) is 56.6 cm³/mol. The van der Waals surface area contributed by atoms with Crippen LogP contribution in [0.15, 0.2) is 12.1 Å². The van der Waals surface area contributed by atoms with Crippen LogP contribution in [0.5, 0.6) is 0 Å². The first-order chi connectivity index (χ1) is 6.30. The van der Waals surface area contributed by atoms with E-state index in [9.17, 15) is 8.42 Å². The van der Waals surface area contributed by atoms with Crippen molar-refractivity contribution in [1.29, 1.82) is 0 Å². The Bertz CT molecular complexity index is 422. The second-order valence-electron chi connectivity index (χ2n) is 3.13. The van der Waals surface area contributed by atoms with E-state index in [-0.39, 0.29) is 0 Å². The van der Waals surface area contributed by atoms with Gasteiger partial charge in [0.05, 0.1) is 6.26 Å². The fourth-order valence-electron chi connectivity index (χ4n) is 1.01. The van der Waals surface area contributed by atoms with E-state index in [0.717, 1.165) is 10.6 Å². The molecule has 1 aromatic rings. The number of nitrogens with zero attached hydrogens (tertiary/aromatic N) is 2. The van der Waals surface area contributed by atoms with E-state index in [1.807, 2.05) is 0 Å². The third-order valence-corrected chi connectivity index (χ3v) is 2.96. The van der Waals surface area contributed by atoms with Crippen LogP contribution < -0.4 is 10.0 Å². The van der Waals surface area contributed by atoms with E-state index in [1.54, 1.807) is 13.0 Å². The first kappa shape index (κ1) is 10.8. The average Bonchev–Trinajstić information content (AvgIpc) is 1.99. The van der Waals surface area contributed by atoms with Crippen LogP contribution in [-0.4, -0.2) is 26.7 Å². The van der Waals surface area contributed by atoms with Crippen molar-refractivity contribution in [2.45, 2.75) is 6.92 Å². The zero-order valence-electron chi connectivity index (χ0n) is 8.35. The maximum absolute atomic E-state index is 11.2. The normalized spacial score (nSPS) is 11.4. The molecule has 0 aliphatic carbocycles. The maximum atomic E-state index is 11.2. The Hall–Kier alpha value is -1.30. The first-order valence-corrected chi connectivity index (χ1v) is 5.83. The van der Waals surface area contributed by atoms with Gasteiger partial charge in [-0.1, -0.05) is 0 Å². The van der Waals surface area contributed by atoms with Gasteiger partial charge in [-0.25, -0.2) is 13.4 Å². The zero-order chi connectivity index (χ0) is 10.9. The SMILES string of the molecule is Cc1cc(N)cc(N(C)S(C)(=O)=O)n1. The molecular weight excluding hydrogens is 202 g/mol. The van der Waals surface area contributed by atoms with Gasteiger partial charge in [-0.15, -0.1) is 0 Å². The molecule has 78 valence electrons. The number of aryl methyl sites for hydroxylation is 1. The number of hydrogen-bond donors (Lipinski definition) is 1.